The number of aliphatic hydroxyl groups excluding tert-OH is 2. The van der Waals surface area contributed by atoms with Gasteiger partial charge in [0.2, 0.25) is 0 Å². The summed E-state index contributed by atoms with van der Waals surface area (Å²) in [6.07, 6.45) is 5.23. The van der Waals surface area contributed by atoms with Gasteiger partial charge in [-0.3, -0.25) is 4.79 Å². The molecule has 0 spiro atoms. The average molecular weight is 482 g/mol. The van der Waals surface area contributed by atoms with Crippen molar-refractivity contribution in [1.29, 1.82) is 0 Å². The lowest BCUT2D eigenvalue weighted by Gasteiger charge is -2.42. The predicted octanol–water partition coefficient (Wildman–Crippen LogP) is 4.57. The van der Waals surface area contributed by atoms with E-state index in [0.717, 1.165) is 36.3 Å². The molecule has 25 heavy (non-hydrogen) atoms. The lowest BCUT2D eigenvalue weighted by atomic mass is 9.66. The van der Waals surface area contributed by atoms with Gasteiger partial charge in [-0.2, -0.15) is 0 Å². The zero-order valence-corrected chi connectivity index (χ0v) is 19.2. The van der Waals surface area contributed by atoms with Crippen molar-refractivity contribution in [1.82, 2.24) is 0 Å². The van der Waals surface area contributed by atoms with E-state index in [9.17, 15) is 15.0 Å². The van der Waals surface area contributed by atoms with Crippen molar-refractivity contribution in [3.05, 3.63) is 0 Å². The van der Waals surface area contributed by atoms with Gasteiger partial charge in [0.15, 0.2) is 0 Å². The summed E-state index contributed by atoms with van der Waals surface area (Å²) in [6, 6.07) is 0. The van der Waals surface area contributed by atoms with Gasteiger partial charge in [-0.25, -0.2) is 0 Å². The van der Waals surface area contributed by atoms with Gasteiger partial charge in [0.05, 0.1) is 0 Å². The third-order valence-electron chi connectivity index (χ3n) is 8.65. The quantitative estimate of drug-likeness (QED) is 0.578. The highest BCUT2D eigenvalue weighted by molar-refractivity contribution is 9.09. The molecule has 3 rings (SSSR count). The molecule has 0 amide bonds. The second kappa shape index (κ2) is 7.52. The standard InChI is InChI=1S/C10H19BrO2.C10H15BrO/c1-9(7-13)4-3-8(5-12)10(9,2)6-11;1-9-4-3-7(5-8(9)12)10(9,2)6-11/h8,12-13H,3-7H2,1-2H3;7H,3-6H2,1-2H3. The number of hydrogen-bond acceptors (Lipinski definition) is 3. The van der Waals surface area contributed by atoms with Crippen LogP contribution in [0.4, 0.5) is 0 Å². The topological polar surface area (TPSA) is 57.5 Å². The normalized spacial score (nSPS) is 48.6. The van der Waals surface area contributed by atoms with Crippen LogP contribution in [0.25, 0.3) is 0 Å². The summed E-state index contributed by atoms with van der Waals surface area (Å²) in [5.41, 5.74) is 0.214. The molecule has 6 unspecified atom stereocenters. The van der Waals surface area contributed by atoms with Crippen LogP contribution in [-0.4, -0.2) is 39.9 Å². The van der Waals surface area contributed by atoms with E-state index in [1.807, 2.05) is 0 Å². The third-order valence-corrected chi connectivity index (χ3v) is 11.0. The Morgan fingerprint density at radius 1 is 1.00 bits per heavy atom. The molecular formula is C20H34Br2O3. The first kappa shape index (κ1) is 21.8. The minimum atomic E-state index is -0.0378. The number of halogens is 2. The Kier molecular flexibility index (Phi) is 6.57. The van der Waals surface area contributed by atoms with Crippen molar-refractivity contribution in [3.8, 4) is 0 Å². The highest BCUT2D eigenvalue weighted by Gasteiger charge is 2.63. The number of ketones is 1. The number of aliphatic hydroxyl groups is 2. The SMILES string of the molecule is CC1(CO)CCC(CO)C1(C)CBr.CC12CCC(CC1=O)C2(C)CBr. The molecule has 3 fully saturated rings. The molecule has 0 aromatic rings. The Labute approximate surface area is 169 Å². The maximum Gasteiger partial charge on any atom is 0.139 e. The van der Waals surface area contributed by atoms with Crippen LogP contribution in [0.3, 0.4) is 0 Å². The first-order valence-corrected chi connectivity index (χ1v) is 11.7. The van der Waals surface area contributed by atoms with E-state index in [2.05, 4.69) is 59.6 Å². The molecule has 0 aromatic heterocycles. The van der Waals surface area contributed by atoms with Crippen LogP contribution in [0, 0.1) is 33.5 Å². The molecule has 6 atom stereocenters. The molecule has 3 saturated carbocycles. The molecule has 0 heterocycles. The van der Waals surface area contributed by atoms with Gasteiger partial charge in [0, 0.05) is 35.7 Å². The van der Waals surface area contributed by atoms with Crippen LogP contribution in [0.15, 0.2) is 0 Å². The van der Waals surface area contributed by atoms with Crippen molar-refractivity contribution in [2.45, 2.75) is 59.8 Å². The fraction of sp³-hybridized carbons (Fsp3) is 0.950. The van der Waals surface area contributed by atoms with Crippen LogP contribution in [0.5, 0.6) is 0 Å². The summed E-state index contributed by atoms with van der Waals surface area (Å²) >= 11 is 7.07. The van der Waals surface area contributed by atoms with Gasteiger partial charge >= 0.3 is 0 Å². The van der Waals surface area contributed by atoms with Crippen LogP contribution < -0.4 is 0 Å². The van der Waals surface area contributed by atoms with Gasteiger partial charge in [-0.05, 0) is 53.8 Å². The molecule has 3 aliphatic rings. The highest BCUT2D eigenvalue weighted by atomic mass is 79.9. The molecule has 0 radical (unpaired) electrons. The maximum atomic E-state index is 11.7. The minimum absolute atomic E-state index is 0.0127. The van der Waals surface area contributed by atoms with Gasteiger partial charge in [-0.1, -0.05) is 59.6 Å². The fourth-order valence-corrected chi connectivity index (χ4v) is 7.63. The number of hydrogen-bond donors (Lipinski definition) is 2. The van der Waals surface area contributed by atoms with E-state index < -0.39 is 0 Å². The van der Waals surface area contributed by atoms with Gasteiger partial charge in [0.25, 0.3) is 0 Å². The molecule has 0 saturated heterocycles. The van der Waals surface area contributed by atoms with Crippen molar-refractivity contribution in [2.75, 3.05) is 23.9 Å². The zero-order valence-electron chi connectivity index (χ0n) is 16.1. The smallest absolute Gasteiger partial charge is 0.139 e. The molecule has 146 valence electrons. The first-order valence-electron chi connectivity index (χ1n) is 9.45. The molecule has 2 N–H and O–H groups in total. The van der Waals surface area contributed by atoms with E-state index in [1.54, 1.807) is 0 Å². The lowest BCUT2D eigenvalue weighted by Crippen LogP contribution is -2.42. The third kappa shape index (κ3) is 3.09. The van der Waals surface area contributed by atoms with E-state index in [0.29, 0.717) is 17.6 Å². The molecule has 2 bridgehead atoms. The second-order valence-corrected chi connectivity index (χ2v) is 10.6. The Morgan fingerprint density at radius 3 is 1.92 bits per heavy atom. The molecular weight excluding hydrogens is 448 g/mol. The van der Waals surface area contributed by atoms with Gasteiger partial charge in [0.1, 0.15) is 5.78 Å². The Balaban J connectivity index is 0.000000181. The Bertz CT molecular complexity index is 513. The van der Waals surface area contributed by atoms with E-state index in [-0.39, 0.29) is 34.9 Å². The number of carbonyl (C=O) groups excluding carboxylic acids is 1. The van der Waals surface area contributed by atoms with Crippen molar-refractivity contribution in [2.24, 2.45) is 33.5 Å². The Morgan fingerprint density at radius 2 is 1.60 bits per heavy atom. The molecule has 3 aliphatic carbocycles. The molecule has 3 nitrogen and oxygen atoms in total. The summed E-state index contributed by atoms with van der Waals surface area (Å²) in [5, 5.41) is 20.5. The number of rotatable bonds is 4. The maximum absolute atomic E-state index is 11.7. The van der Waals surface area contributed by atoms with Crippen LogP contribution >= 0.6 is 31.9 Å². The van der Waals surface area contributed by atoms with Crippen LogP contribution in [0.1, 0.15) is 59.8 Å². The van der Waals surface area contributed by atoms with Crippen molar-refractivity contribution >= 4 is 37.6 Å². The summed E-state index contributed by atoms with van der Waals surface area (Å²) in [5.74, 6) is 1.47. The molecule has 0 aromatic carbocycles. The number of carbonyl (C=O) groups is 1. The minimum Gasteiger partial charge on any atom is -0.396 e. The van der Waals surface area contributed by atoms with E-state index >= 15 is 0 Å². The van der Waals surface area contributed by atoms with E-state index in [1.165, 1.54) is 6.42 Å². The van der Waals surface area contributed by atoms with Gasteiger partial charge in [-0.15, -0.1) is 0 Å². The lowest BCUT2D eigenvalue weighted by molar-refractivity contribution is -0.128. The van der Waals surface area contributed by atoms with Crippen molar-refractivity contribution < 1.29 is 15.0 Å². The van der Waals surface area contributed by atoms with E-state index in [4.69, 9.17) is 0 Å². The zero-order chi connectivity index (χ0) is 19.1. The number of fused-ring (bicyclic) bond motifs is 2. The van der Waals surface area contributed by atoms with Gasteiger partial charge < -0.3 is 10.2 Å². The van der Waals surface area contributed by atoms with Crippen LogP contribution in [-0.2, 0) is 4.79 Å². The predicted molar refractivity (Wildman–Crippen MR) is 109 cm³/mol. The van der Waals surface area contributed by atoms with Crippen LogP contribution in [0.2, 0.25) is 0 Å². The fourth-order valence-electron chi connectivity index (χ4n) is 5.42. The summed E-state index contributed by atoms with van der Waals surface area (Å²) < 4.78 is 0. The largest absolute Gasteiger partial charge is 0.396 e. The number of Topliss-reactive ketones (excluding diaryl/α,β-unsaturated/α-hetero) is 1. The summed E-state index contributed by atoms with van der Waals surface area (Å²) in [7, 11) is 0. The molecule has 5 heteroatoms. The monoisotopic (exact) mass is 480 g/mol. The van der Waals surface area contributed by atoms with Crippen molar-refractivity contribution in [3.63, 3.8) is 0 Å². The summed E-state index contributed by atoms with van der Waals surface area (Å²) in [4.78, 5) is 11.7. The average Bonchev–Trinajstić information content (AvgIpc) is 3.10. The first-order chi connectivity index (χ1) is 11.6. The number of alkyl halides is 2. The highest BCUT2D eigenvalue weighted by Crippen LogP contribution is 2.64. The second-order valence-electron chi connectivity index (χ2n) is 9.43. The molecule has 0 aliphatic heterocycles. The Hall–Kier alpha value is 0.550. The summed E-state index contributed by atoms with van der Waals surface area (Å²) in [6.45, 7) is 9.15.